The molecule has 21 heavy (non-hydrogen) atoms. The van der Waals surface area contributed by atoms with Crippen LogP contribution in [-0.2, 0) is 10.2 Å². The van der Waals surface area contributed by atoms with E-state index in [9.17, 15) is 4.79 Å². The Labute approximate surface area is 123 Å². The Morgan fingerprint density at radius 2 is 2.24 bits per heavy atom. The Bertz CT molecular complexity index is 696. The molecule has 1 aromatic heterocycles. The van der Waals surface area contributed by atoms with Crippen LogP contribution in [0.25, 0.3) is 10.9 Å². The largest absolute Gasteiger partial charge is 0.497 e. The number of amides is 1. The van der Waals surface area contributed by atoms with E-state index in [2.05, 4.69) is 28.6 Å². The number of benzene rings is 1. The van der Waals surface area contributed by atoms with Gasteiger partial charge in [-0.1, -0.05) is 0 Å². The van der Waals surface area contributed by atoms with Gasteiger partial charge in [0.15, 0.2) is 0 Å². The average molecular weight is 284 g/mol. The van der Waals surface area contributed by atoms with Crippen molar-refractivity contribution >= 4 is 16.8 Å². The van der Waals surface area contributed by atoms with Crippen molar-refractivity contribution in [1.82, 2.24) is 10.3 Å². The maximum absolute atomic E-state index is 11.9. The van der Waals surface area contributed by atoms with Crippen LogP contribution in [0.4, 0.5) is 0 Å². The number of hydrogen-bond donors (Lipinski definition) is 2. The van der Waals surface area contributed by atoms with Crippen molar-refractivity contribution in [3.63, 3.8) is 0 Å². The number of aromatic nitrogens is 1. The van der Waals surface area contributed by atoms with Crippen LogP contribution in [0.3, 0.4) is 0 Å². The number of fused-ring (bicyclic) bond motifs is 1. The van der Waals surface area contributed by atoms with Gasteiger partial charge in [-0.15, -0.1) is 0 Å². The van der Waals surface area contributed by atoms with Crippen molar-refractivity contribution in [2.75, 3.05) is 13.7 Å². The molecular formula is C17H20N2O2. The molecule has 4 nitrogen and oxygen atoms in total. The first-order valence-corrected chi connectivity index (χ1v) is 7.65. The highest BCUT2D eigenvalue weighted by atomic mass is 16.5. The number of methoxy groups -OCH3 is 1. The van der Waals surface area contributed by atoms with Crippen molar-refractivity contribution in [2.24, 2.45) is 5.92 Å². The van der Waals surface area contributed by atoms with Crippen molar-refractivity contribution in [3.8, 4) is 5.75 Å². The van der Waals surface area contributed by atoms with Crippen LogP contribution < -0.4 is 10.1 Å². The molecular weight excluding hydrogens is 264 g/mol. The highest BCUT2D eigenvalue weighted by Gasteiger charge is 2.46. The molecule has 4 heteroatoms. The van der Waals surface area contributed by atoms with Crippen LogP contribution in [0.2, 0.25) is 0 Å². The summed E-state index contributed by atoms with van der Waals surface area (Å²) in [7, 11) is 1.69. The molecule has 0 atom stereocenters. The second-order valence-electron chi connectivity index (χ2n) is 6.39. The second kappa shape index (κ2) is 4.52. The zero-order chi connectivity index (χ0) is 14.4. The van der Waals surface area contributed by atoms with Gasteiger partial charge >= 0.3 is 0 Å². The summed E-state index contributed by atoms with van der Waals surface area (Å²) in [5.74, 6) is 1.39. The molecule has 1 amide bonds. The SMILES string of the molecule is COc1ccc2[nH]cc(C3(CNC(=O)C4CC4)CC3)c2c1. The van der Waals surface area contributed by atoms with Gasteiger partial charge in [0.05, 0.1) is 7.11 Å². The number of nitrogens with one attached hydrogen (secondary N) is 2. The lowest BCUT2D eigenvalue weighted by Crippen LogP contribution is -2.33. The van der Waals surface area contributed by atoms with Crippen LogP contribution in [-0.4, -0.2) is 24.5 Å². The number of rotatable bonds is 5. The van der Waals surface area contributed by atoms with E-state index in [0.717, 1.165) is 43.5 Å². The molecule has 2 aliphatic carbocycles. The van der Waals surface area contributed by atoms with E-state index in [4.69, 9.17) is 4.74 Å². The maximum atomic E-state index is 11.9. The molecule has 2 N–H and O–H groups in total. The summed E-state index contributed by atoms with van der Waals surface area (Å²) < 4.78 is 5.33. The zero-order valence-corrected chi connectivity index (χ0v) is 12.2. The van der Waals surface area contributed by atoms with E-state index in [1.807, 2.05) is 6.07 Å². The third-order valence-corrected chi connectivity index (χ3v) is 4.86. The van der Waals surface area contributed by atoms with Crippen LogP contribution in [0.5, 0.6) is 5.75 Å². The third kappa shape index (κ3) is 2.19. The van der Waals surface area contributed by atoms with Gasteiger partial charge in [0, 0.05) is 35.0 Å². The van der Waals surface area contributed by atoms with Crippen LogP contribution in [0, 0.1) is 5.92 Å². The van der Waals surface area contributed by atoms with Gasteiger partial charge in [-0.05, 0) is 49.4 Å². The minimum Gasteiger partial charge on any atom is -0.497 e. The summed E-state index contributed by atoms with van der Waals surface area (Å²) in [6.07, 6.45) is 6.50. The summed E-state index contributed by atoms with van der Waals surface area (Å²) in [4.78, 5) is 15.2. The fraction of sp³-hybridized carbons (Fsp3) is 0.471. The maximum Gasteiger partial charge on any atom is 0.223 e. The van der Waals surface area contributed by atoms with Gasteiger partial charge in [-0.25, -0.2) is 0 Å². The lowest BCUT2D eigenvalue weighted by Gasteiger charge is -2.16. The summed E-state index contributed by atoms with van der Waals surface area (Å²) in [5, 5.41) is 4.36. The average Bonchev–Trinajstić information content (AvgIpc) is 3.43. The van der Waals surface area contributed by atoms with E-state index >= 15 is 0 Å². The molecule has 2 fully saturated rings. The summed E-state index contributed by atoms with van der Waals surface area (Å²) in [6.45, 7) is 0.756. The predicted octanol–water partition coefficient (Wildman–Crippen LogP) is 2.73. The standard InChI is InChI=1S/C17H20N2O2/c1-21-12-4-5-15-13(8-12)14(9-18-15)17(6-7-17)10-19-16(20)11-2-3-11/h4-5,8-9,11,18H,2-3,6-7,10H2,1H3,(H,19,20). The fourth-order valence-electron chi connectivity index (χ4n) is 3.10. The number of H-pyrrole nitrogens is 1. The molecule has 4 rings (SSSR count). The monoisotopic (exact) mass is 284 g/mol. The normalized spacial score (nSPS) is 19.5. The lowest BCUT2D eigenvalue weighted by atomic mass is 9.95. The first kappa shape index (κ1) is 12.7. The quantitative estimate of drug-likeness (QED) is 0.887. The summed E-state index contributed by atoms with van der Waals surface area (Å²) in [5.41, 5.74) is 2.56. The lowest BCUT2D eigenvalue weighted by molar-refractivity contribution is -0.122. The zero-order valence-electron chi connectivity index (χ0n) is 12.2. The molecule has 2 aromatic rings. The molecule has 1 heterocycles. The first-order valence-electron chi connectivity index (χ1n) is 7.65. The summed E-state index contributed by atoms with van der Waals surface area (Å²) in [6, 6.07) is 6.11. The van der Waals surface area contributed by atoms with Crippen molar-refractivity contribution in [1.29, 1.82) is 0 Å². The molecule has 0 spiro atoms. The van der Waals surface area contributed by atoms with Crippen molar-refractivity contribution in [2.45, 2.75) is 31.1 Å². The third-order valence-electron chi connectivity index (χ3n) is 4.86. The van der Waals surface area contributed by atoms with E-state index in [1.54, 1.807) is 7.11 Å². The Kier molecular flexibility index (Phi) is 2.74. The minimum atomic E-state index is 0.120. The Morgan fingerprint density at radius 3 is 2.90 bits per heavy atom. The van der Waals surface area contributed by atoms with Crippen LogP contribution in [0.15, 0.2) is 24.4 Å². The molecule has 1 aromatic carbocycles. The molecule has 2 saturated carbocycles. The van der Waals surface area contributed by atoms with Gasteiger partial charge in [0.1, 0.15) is 5.75 Å². The topological polar surface area (TPSA) is 54.1 Å². The number of carbonyl (C=O) groups excluding carboxylic acids is 1. The smallest absolute Gasteiger partial charge is 0.223 e. The second-order valence-corrected chi connectivity index (χ2v) is 6.39. The molecule has 0 radical (unpaired) electrons. The van der Waals surface area contributed by atoms with Gasteiger partial charge < -0.3 is 15.0 Å². The molecule has 0 saturated heterocycles. The fourth-order valence-corrected chi connectivity index (χ4v) is 3.10. The van der Waals surface area contributed by atoms with Crippen molar-refractivity contribution < 1.29 is 9.53 Å². The molecule has 0 bridgehead atoms. The van der Waals surface area contributed by atoms with Gasteiger partial charge in [0.2, 0.25) is 5.91 Å². The number of ether oxygens (including phenoxy) is 1. The van der Waals surface area contributed by atoms with E-state index in [1.165, 1.54) is 10.9 Å². The van der Waals surface area contributed by atoms with E-state index in [0.29, 0.717) is 0 Å². The van der Waals surface area contributed by atoms with Gasteiger partial charge in [-0.2, -0.15) is 0 Å². The van der Waals surface area contributed by atoms with Crippen LogP contribution >= 0.6 is 0 Å². The predicted molar refractivity (Wildman–Crippen MR) is 81.5 cm³/mol. The number of aromatic amines is 1. The highest BCUT2D eigenvalue weighted by Crippen LogP contribution is 2.50. The van der Waals surface area contributed by atoms with Crippen molar-refractivity contribution in [3.05, 3.63) is 30.0 Å². The van der Waals surface area contributed by atoms with E-state index < -0.39 is 0 Å². The molecule has 110 valence electrons. The Hall–Kier alpha value is -1.97. The molecule has 2 aliphatic rings. The Morgan fingerprint density at radius 1 is 1.43 bits per heavy atom. The van der Waals surface area contributed by atoms with Crippen LogP contribution in [0.1, 0.15) is 31.2 Å². The molecule has 0 aliphatic heterocycles. The number of hydrogen-bond acceptors (Lipinski definition) is 2. The Balaban J connectivity index is 1.60. The van der Waals surface area contributed by atoms with Gasteiger partial charge in [-0.3, -0.25) is 4.79 Å². The summed E-state index contributed by atoms with van der Waals surface area (Å²) >= 11 is 0. The first-order chi connectivity index (χ1) is 10.2. The highest BCUT2D eigenvalue weighted by molar-refractivity contribution is 5.86. The van der Waals surface area contributed by atoms with Gasteiger partial charge in [0.25, 0.3) is 0 Å². The molecule has 0 unspecified atom stereocenters. The van der Waals surface area contributed by atoms with E-state index in [-0.39, 0.29) is 17.2 Å². The number of carbonyl (C=O) groups is 1. The minimum absolute atomic E-state index is 0.120.